The molecular formula is C31H25F3N2O6. The van der Waals surface area contributed by atoms with Gasteiger partial charge in [0.1, 0.15) is 11.5 Å². The molecule has 4 rings (SSSR count). The number of benzene rings is 4. The number of nitrogens with one attached hydrogen (secondary N) is 2. The van der Waals surface area contributed by atoms with Crippen molar-refractivity contribution in [1.29, 1.82) is 0 Å². The monoisotopic (exact) mass is 578 g/mol. The van der Waals surface area contributed by atoms with Crippen molar-refractivity contribution < 1.29 is 42.1 Å². The Kier molecular flexibility index (Phi) is 9.43. The van der Waals surface area contributed by atoms with E-state index in [2.05, 4.69) is 15.4 Å². The number of halogens is 3. The maximum absolute atomic E-state index is 12.9. The number of alkyl halides is 3. The van der Waals surface area contributed by atoms with Crippen LogP contribution in [0.2, 0.25) is 0 Å². The topological polar surface area (TPSA) is 114 Å². The molecule has 0 saturated carbocycles. The molecule has 4 aromatic carbocycles. The van der Waals surface area contributed by atoms with E-state index in [0.29, 0.717) is 0 Å². The van der Waals surface area contributed by atoms with Crippen LogP contribution in [0.3, 0.4) is 0 Å². The second-order valence-corrected chi connectivity index (χ2v) is 9.05. The van der Waals surface area contributed by atoms with E-state index in [4.69, 9.17) is 9.84 Å². The number of amides is 2. The summed E-state index contributed by atoms with van der Waals surface area (Å²) in [5.41, 5.74) is 3.57. The molecular weight excluding hydrogens is 553 g/mol. The van der Waals surface area contributed by atoms with Gasteiger partial charge >= 0.3 is 18.4 Å². The van der Waals surface area contributed by atoms with Gasteiger partial charge in [-0.25, -0.2) is 4.79 Å². The molecule has 0 spiro atoms. The predicted octanol–water partition coefficient (Wildman–Crippen LogP) is 6.66. The smallest absolute Gasteiger partial charge is 0.481 e. The number of carboxylic acid groups (broad SMARTS) is 1. The summed E-state index contributed by atoms with van der Waals surface area (Å²) in [5, 5.41) is 13.6. The highest BCUT2D eigenvalue weighted by atomic mass is 19.4. The third-order valence-corrected chi connectivity index (χ3v) is 5.94. The molecule has 4 aromatic rings. The number of hydrogen-bond donors (Lipinski definition) is 3. The molecule has 216 valence electrons. The van der Waals surface area contributed by atoms with Crippen molar-refractivity contribution in [2.75, 3.05) is 11.9 Å². The fourth-order valence-electron chi connectivity index (χ4n) is 3.99. The summed E-state index contributed by atoms with van der Waals surface area (Å²) in [6, 6.07) is 26.3. The summed E-state index contributed by atoms with van der Waals surface area (Å²) in [4.78, 5) is 35.3. The summed E-state index contributed by atoms with van der Waals surface area (Å²) in [6.45, 7) is -0.0349. The molecule has 0 bridgehead atoms. The summed E-state index contributed by atoms with van der Waals surface area (Å²) >= 11 is 0. The lowest BCUT2D eigenvalue weighted by Gasteiger charge is -2.15. The molecule has 0 unspecified atom stereocenters. The standard InChI is InChI=1S/C31H25F3N2O6/c32-31(33,34)42-26-14-15-27(24(19-26)18-20-6-8-22(9-7-20)21-4-2-1-3-5-21)41-30(40)36-25-12-10-23(11-13-25)29(39)35-17-16-28(37)38/h1-15,19H,16-18H2,(H,35,39)(H,36,40)(H,37,38). The lowest BCUT2D eigenvalue weighted by atomic mass is 10.00. The van der Waals surface area contributed by atoms with Gasteiger partial charge < -0.3 is 19.9 Å². The van der Waals surface area contributed by atoms with E-state index in [0.717, 1.165) is 22.8 Å². The van der Waals surface area contributed by atoms with Gasteiger partial charge in [-0.2, -0.15) is 0 Å². The summed E-state index contributed by atoms with van der Waals surface area (Å²) in [7, 11) is 0. The Bertz CT molecular complexity index is 1540. The fourth-order valence-corrected chi connectivity index (χ4v) is 3.99. The maximum Gasteiger partial charge on any atom is 0.573 e. The van der Waals surface area contributed by atoms with Gasteiger partial charge in [-0.3, -0.25) is 14.9 Å². The Morgan fingerprint density at radius 1 is 0.810 bits per heavy atom. The number of carboxylic acids is 1. The number of anilines is 1. The number of carbonyl (C=O) groups excluding carboxylic acids is 2. The van der Waals surface area contributed by atoms with Crippen LogP contribution in [0.15, 0.2) is 97.1 Å². The number of hydrogen-bond acceptors (Lipinski definition) is 5. The molecule has 0 fully saturated rings. The van der Waals surface area contributed by atoms with Gasteiger partial charge in [-0.05, 0) is 59.2 Å². The van der Waals surface area contributed by atoms with E-state index in [1.165, 1.54) is 36.4 Å². The van der Waals surface area contributed by atoms with Crippen molar-refractivity contribution in [2.45, 2.75) is 19.2 Å². The zero-order chi connectivity index (χ0) is 30.1. The molecule has 8 nitrogen and oxygen atoms in total. The molecule has 0 aliphatic heterocycles. The predicted molar refractivity (Wildman–Crippen MR) is 148 cm³/mol. The molecule has 0 saturated heterocycles. The lowest BCUT2D eigenvalue weighted by Crippen LogP contribution is -2.26. The van der Waals surface area contributed by atoms with Gasteiger partial charge in [0.05, 0.1) is 6.42 Å². The summed E-state index contributed by atoms with van der Waals surface area (Å²) in [6.07, 6.45) is -5.87. The number of ether oxygens (including phenoxy) is 2. The van der Waals surface area contributed by atoms with Crippen LogP contribution in [0, 0.1) is 0 Å². The molecule has 2 amide bonds. The molecule has 0 heterocycles. The third kappa shape index (κ3) is 8.85. The Morgan fingerprint density at radius 2 is 1.48 bits per heavy atom. The van der Waals surface area contributed by atoms with Crippen LogP contribution in [-0.2, 0) is 11.2 Å². The van der Waals surface area contributed by atoms with Gasteiger partial charge in [0.25, 0.3) is 5.91 Å². The van der Waals surface area contributed by atoms with E-state index in [-0.39, 0.29) is 42.0 Å². The van der Waals surface area contributed by atoms with Crippen molar-refractivity contribution in [3.8, 4) is 22.6 Å². The van der Waals surface area contributed by atoms with E-state index < -0.39 is 30.1 Å². The van der Waals surface area contributed by atoms with Crippen molar-refractivity contribution in [2.24, 2.45) is 0 Å². The van der Waals surface area contributed by atoms with Gasteiger partial charge in [-0.1, -0.05) is 54.6 Å². The van der Waals surface area contributed by atoms with Crippen LogP contribution in [0.4, 0.5) is 23.7 Å². The first-order valence-electron chi connectivity index (χ1n) is 12.7. The summed E-state index contributed by atoms with van der Waals surface area (Å²) < 4.78 is 48.1. The van der Waals surface area contributed by atoms with E-state index in [1.54, 1.807) is 0 Å². The molecule has 0 aliphatic rings. The lowest BCUT2D eigenvalue weighted by molar-refractivity contribution is -0.274. The minimum absolute atomic E-state index is 0.0311. The molecule has 0 aromatic heterocycles. The average molecular weight is 579 g/mol. The van der Waals surface area contributed by atoms with E-state index in [9.17, 15) is 27.6 Å². The van der Waals surface area contributed by atoms with Gasteiger partial charge in [-0.15, -0.1) is 13.2 Å². The largest absolute Gasteiger partial charge is 0.573 e. The van der Waals surface area contributed by atoms with Crippen LogP contribution >= 0.6 is 0 Å². The summed E-state index contributed by atoms with van der Waals surface area (Å²) in [5.74, 6) is -1.94. The van der Waals surface area contributed by atoms with E-state index in [1.807, 2.05) is 54.6 Å². The first-order valence-corrected chi connectivity index (χ1v) is 12.7. The second kappa shape index (κ2) is 13.4. The maximum atomic E-state index is 12.9. The van der Waals surface area contributed by atoms with Crippen molar-refractivity contribution in [3.63, 3.8) is 0 Å². The zero-order valence-corrected chi connectivity index (χ0v) is 22.0. The van der Waals surface area contributed by atoms with Gasteiger partial charge in [0, 0.05) is 29.8 Å². The van der Waals surface area contributed by atoms with Crippen molar-refractivity contribution in [3.05, 3.63) is 114 Å². The van der Waals surface area contributed by atoms with Crippen LogP contribution in [0.1, 0.15) is 27.9 Å². The van der Waals surface area contributed by atoms with Crippen LogP contribution in [-0.4, -0.2) is 36.0 Å². The fraction of sp³-hybridized carbons (Fsp3) is 0.129. The minimum Gasteiger partial charge on any atom is -0.481 e. The minimum atomic E-state index is -4.90. The third-order valence-electron chi connectivity index (χ3n) is 5.94. The second-order valence-electron chi connectivity index (χ2n) is 9.05. The Hall–Kier alpha value is -5.32. The Labute approximate surface area is 238 Å². The SMILES string of the molecule is O=C(O)CCNC(=O)c1ccc(NC(=O)Oc2ccc(OC(F)(F)F)cc2Cc2ccc(-c3ccccc3)cc2)cc1. The molecule has 0 radical (unpaired) electrons. The quantitative estimate of drug-likeness (QED) is 0.194. The van der Waals surface area contributed by atoms with E-state index >= 15 is 0 Å². The Balaban J connectivity index is 1.46. The molecule has 11 heteroatoms. The first-order chi connectivity index (χ1) is 20.1. The molecule has 3 N–H and O–H groups in total. The van der Waals surface area contributed by atoms with Crippen molar-refractivity contribution >= 4 is 23.7 Å². The number of carbonyl (C=O) groups is 3. The highest BCUT2D eigenvalue weighted by Crippen LogP contribution is 2.31. The molecule has 0 atom stereocenters. The highest BCUT2D eigenvalue weighted by Gasteiger charge is 2.31. The zero-order valence-electron chi connectivity index (χ0n) is 22.0. The molecule has 42 heavy (non-hydrogen) atoms. The van der Waals surface area contributed by atoms with Gasteiger partial charge in [0.15, 0.2) is 0 Å². The number of rotatable bonds is 10. The average Bonchev–Trinajstić information content (AvgIpc) is 2.94. The van der Waals surface area contributed by atoms with Crippen LogP contribution in [0.25, 0.3) is 11.1 Å². The highest BCUT2D eigenvalue weighted by molar-refractivity contribution is 5.95. The number of aliphatic carboxylic acids is 1. The normalized spacial score (nSPS) is 10.9. The van der Waals surface area contributed by atoms with Gasteiger partial charge in [0.2, 0.25) is 0 Å². The van der Waals surface area contributed by atoms with Crippen LogP contribution < -0.4 is 20.1 Å². The van der Waals surface area contributed by atoms with Crippen LogP contribution in [0.5, 0.6) is 11.5 Å². The molecule has 0 aliphatic carbocycles. The Morgan fingerprint density at radius 3 is 2.12 bits per heavy atom. The van der Waals surface area contributed by atoms with Crippen molar-refractivity contribution in [1.82, 2.24) is 5.32 Å². The first kappa shape index (κ1) is 29.7.